The summed E-state index contributed by atoms with van der Waals surface area (Å²) >= 11 is 0. The van der Waals surface area contributed by atoms with Crippen molar-refractivity contribution in [1.29, 1.82) is 5.41 Å². The van der Waals surface area contributed by atoms with Gasteiger partial charge in [0, 0.05) is 0 Å². The smallest absolute Gasteiger partial charge is 0.205 e. The zero-order valence-electron chi connectivity index (χ0n) is 3.98. The van der Waals surface area contributed by atoms with Crippen LogP contribution in [-0.2, 0) is 4.74 Å². The van der Waals surface area contributed by atoms with Crippen LogP contribution in [0.4, 0.5) is 0 Å². The summed E-state index contributed by atoms with van der Waals surface area (Å²) in [5.74, 6) is 0.284. The number of hydrogen-bond acceptors (Lipinski definition) is 2. The molecule has 0 spiro atoms. The molecule has 0 saturated carbocycles. The second-order valence-electron chi connectivity index (χ2n) is 1.40. The highest BCUT2D eigenvalue weighted by Gasteiger charge is 1.94. The summed E-state index contributed by atoms with van der Waals surface area (Å²) in [6, 6.07) is 0. The predicted octanol–water partition coefficient (Wildman–Crippen LogP) is 0.940. The summed E-state index contributed by atoms with van der Waals surface area (Å²) in [4.78, 5) is 0. The summed E-state index contributed by atoms with van der Waals surface area (Å²) in [5.41, 5.74) is 0. The van der Waals surface area contributed by atoms with E-state index < -0.39 is 0 Å². The monoisotopic (exact) mass is 97.1 g/mol. The van der Waals surface area contributed by atoms with Crippen LogP contribution in [0.15, 0.2) is 12.2 Å². The molecule has 38 valence electrons. The molecular weight excluding hydrogens is 90.1 g/mol. The molecule has 0 aromatic heterocycles. The SMILES string of the molecule is N=C1C=CCCO1. The van der Waals surface area contributed by atoms with E-state index >= 15 is 0 Å². The highest BCUT2D eigenvalue weighted by atomic mass is 16.5. The van der Waals surface area contributed by atoms with Crippen LogP contribution < -0.4 is 0 Å². The first kappa shape index (κ1) is 4.37. The average molecular weight is 97.1 g/mol. The van der Waals surface area contributed by atoms with E-state index in [0.29, 0.717) is 6.61 Å². The number of rotatable bonds is 0. The van der Waals surface area contributed by atoms with Crippen LogP contribution in [0.25, 0.3) is 0 Å². The fourth-order valence-electron chi connectivity index (χ4n) is 0.475. The van der Waals surface area contributed by atoms with Crippen molar-refractivity contribution < 1.29 is 4.74 Å². The Morgan fingerprint density at radius 3 is 2.86 bits per heavy atom. The van der Waals surface area contributed by atoms with E-state index in [1.807, 2.05) is 6.08 Å². The molecule has 1 aliphatic rings. The maximum atomic E-state index is 6.88. The van der Waals surface area contributed by atoms with Gasteiger partial charge in [0.2, 0.25) is 5.90 Å². The molecule has 1 rings (SSSR count). The molecule has 0 atom stereocenters. The van der Waals surface area contributed by atoms with Crippen molar-refractivity contribution in [2.24, 2.45) is 0 Å². The minimum absolute atomic E-state index is 0.284. The molecule has 0 saturated heterocycles. The molecule has 7 heavy (non-hydrogen) atoms. The summed E-state index contributed by atoms with van der Waals surface area (Å²) in [7, 11) is 0. The van der Waals surface area contributed by atoms with Crippen LogP contribution in [0, 0.1) is 5.41 Å². The lowest BCUT2D eigenvalue weighted by atomic mass is 10.3. The Morgan fingerprint density at radius 2 is 2.57 bits per heavy atom. The van der Waals surface area contributed by atoms with Crippen LogP contribution in [0.5, 0.6) is 0 Å². The number of ether oxygens (including phenoxy) is 1. The van der Waals surface area contributed by atoms with Crippen molar-refractivity contribution in [2.45, 2.75) is 6.42 Å². The van der Waals surface area contributed by atoms with Gasteiger partial charge in [-0.1, -0.05) is 6.08 Å². The quantitative estimate of drug-likeness (QED) is 0.479. The van der Waals surface area contributed by atoms with Gasteiger partial charge in [0.25, 0.3) is 0 Å². The van der Waals surface area contributed by atoms with E-state index in [2.05, 4.69) is 0 Å². The minimum Gasteiger partial charge on any atom is -0.478 e. The fraction of sp³-hybridized carbons (Fsp3) is 0.400. The summed E-state index contributed by atoms with van der Waals surface area (Å²) < 4.78 is 4.77. The summed E-state index contributed by atoms with van der Waals surface area (Å²) in [6.07, 6.45) is 4.55. The average Bonchev–Trinajstić information content (AvgIpc) is 1.69. The van der Waals surface area contributed by atoms with Gasteiger partial charge in [-0.2, -0.15) is 0 Å². The second kappa shape index (κ2) is 1.78. The topological polar surface area (TPSA) is 33.1 Å². The van der Waals surface area contributed by atoms with E-state index in [4.69, 9.17) is 10.1 Å². The first-order chi connectivity index (χ1) is 3.39. The van der Waals surface area contributed by atoms with Crippen molar-refractivity contribution >= 4 is 5.90 Å². The molecule has 0 unspecified atom stereocenters. The maximum absolute atomic E-state index is 6.88. The van der Waals surface area contributed by atoms with E-state index in [-0.39, 0.29) is 5.90 Å². The first-order valence-electron chi connectivity index (χ1n) is 2.27. The zero-order chi connectivity index (χ0) is 5.11. The van der Waals surface area contributed by atoms with Crippen molar-refractivity contribution in [3.8, 4) is 0 Å². The number of nitrogens with one attached hydrogen (secondary N) is 1. The maximum Gasteiger partial charge on any atom is 0.205 e. The zero-order valence-corrected chi connectivity index (χ0v) is 3.98. The molecule has 1 N–H and O–H groups in total. The standard InChI is InChI=1S/C5H7NO/c6-5-3-1-2-4-7-5/h1,3,6H,2,4H2. The van der Waals surface area contributed by atoms with Crippen molar-refractivity contribution in [3.05, 3.63) is 12.2 Å². The van der Waals surface area contributed by atoms with Crippen LogP contribution in [0.2, 0.25) is 0 Å². The third-order valence-corrected chi connectivity index (χ3v) is 0.811. The Balaban J connectivity index is 2.51. The molecule has 1 aliphatic heterocycles. The minimum atomic E-state index is 0.284. The van der Waals surface area contributed by atoms with E-state index in [0.717, 1.165) is 6.42 Å². The summed E-state index contributed by atoms with van der Waals surface area (Å²) in [6.45, 7) is 0.676. The van der Waals surface area contributed by atoms with Crippen LogP contribution in [-0.4, -0.2) is 12.5 Å². The Kier molecular flexibility index (Phi) is 1.11. The highest BCUT2D eigenvalue weighted by molar-refractivity contribution is 5.85. The van der Waals surface area contributed by atoms with E-state index in [9.17, 15) is 0 Å². The van der Waals surface area contributed by atoms with Gasteiger partial charge in [-0.25, -0.2) is 0 Å². The third kappa shape index (κ3) is 1.03. The van der Waals surface area contributed by atoms with Gasteiger partial charge in [0.05, 0.1) is 6.61 Å². The fourth-order valence-corrected chi connectivity index (χ4v) is 0.475. The van der Waals surface area contributed by atoms with Crippen LogP contribution >= 0.6 is 0 Å². The van der Waals surface area contributed by atoms with Crippen molar-refractivity contribution in [2.75, 3.05) is 6.61 Å². The van der Waals surface area contributed by atoms with Gasteiger partial charge in [-0.15, -0.1) is 0 Å². The molecule has 0 bridgehead atoms. The Hall–Kier alpha value is -0.790. The van der Waals surface area contributed by atoms with Crippen LogP contribution in [0.3, 0.4) is 0 Å². The molecule has 0 aromatic rings. The highest BCUT2D eigenvalue weighted by Crippen LogP contribution is 1.94. The molecule has 0 radical (unpaired) electrons. The van der Waals surface area contributed by atoms with Gasteiger partial charge in [0.15, 0.2) is 0 Å². The van der Waals surface area contributed by atoms with Crippen molar-refractivity contribution in [1.82, 2.24) is 0 Å². The molecular formula is C5H7NO. The molecule has 2 heteroatoms. The van der Waals surface area contributed by atoms with E-state index in [1.165, 1.54) is 0 Å². The van der Waals surface area contributed by atoms with Crippen molar-refractivity contribution in [3.63, 3.8) is 0 Å². The van der Waals surface area contributed by atoms with Gasteiger partial charge in [0.1, 0.15) is 0 Å². The van der Waals surface area contributed by atoms with Gasteiger partial charge in [-0.3, -0.25) is 5.41 Å². The normalized spacial score (nSPS) is 19.1. The molecule has 0 aliphatic carbocycles. The Bertz CT molecular complexity index is 107. The second-order valence-corrected chi connectivity index (χ2v) is 1.40. The molecule has 0 amide bonds. The lowest BCUT2D eigenvalue weighted by molar-refractivity contribution is 0.305. The molecule has 0 aromatic carbocycles. The summed E-state index contributed by atoms with van der Waals surface area (Å²) in [5, 5.41) is 6.88. The van der Waals surface area contributed by atoms with Crippen LogP contribution in [0.1, 0.15) is 6.42 Å². The predicted molar refractivity (Wildman–Crippen MR) is 27.4 cm³/mol. The third-order valence-electron chi connectivity index (χ3n) is 0.811. The molecule has 1 heterocycles. The number of hydrogen-bond donors (Lipinski definition) is 1. The Labute approximate surface area is 42.3 Å². The Morgan fingerprint density at radius 1 is 1.71 bits per heavy atom. The molecule has 0 fully saturated rings. The van der Waals surface area contributed by atoms with Gasteiger partial charge < -0.3 is 4.74 Å². The lowest BCUT2D eigenvalue weighted by Crippen LogP contribution is -2.04. The van der Waals surface area contributed by atoms with Gasteiger partial charge in [-0.05, 0) is 12.5 Å². The first-order valence-corrected chi connectivity index (χ1v) is 2.27. The lowest BCUT2D eigenvalue weighted by Gasteiger charge is -2.04. The van der Waals surface area contributed by atoms with Gasteiger partial charge >= 0.3 is 0 Å². The van der Waals surface area contributed by atoms with E-state index in [1.54, 1.807) is 6.08 Å². The molecule has 2 nitrogen and oxygen atoms in total. The largest absolute Gasteiger partial charge is 0.478 e.